The number of nitrogens with zero attached hydrogens (tertiary/aromatic N) is 1. The fourth-order valence-electron chi connectivity index (χ4n) is 3.31. The van der Waals surface area contributed by atoms with Crippen LogP contribution in [0.3, 0.4) is 0 Å². The van der Waals surface area contributed by atoms with E-state index < -0.39 is 0 Å². The molecule has 2 aliphatic rings. The van der Waals surface area contributed by atoms with E-state index in [2.05, 4.69) is 24.1 Å². The molecule has 2 rings (SSSR count). The molecule has 0 radical (unpaired) electrons. The Kier molecular flexibility index (Phi) is 3.68. The number of rotatable bonds is 3. The summed E-state index contributed by atoms with van der Waals surface area (Å²) in [5.41, 5.74) is 0.536. The van der Waals surface area contributed by atoms with Crippen LogP contribution in [-0.2, 0) is 0 Å². The van der Waals surface area contributed by atoms with Gasteiger partial charge in [0, 0.05) is 31.2 Å². The molecule has 0 amide bonds. The standard InChI is InChI=1S/C13H26N2/c1-3-6-12-11-15(10-9-14-12)13(2)7-4-5-8-13/h12,14H,3-11H2,1-2H3. The van der Waals surface area contributed by atoms with Crippen LogP contribution in [0.25, 0.3) is 0 Å². The zero-order valence-electron chi connectivity index (χ0n) is 10.4. The summed E-state index contributed by atoms with van der Waals surface area (Å²) in [5.74, 6) is 0. The summed E-state index contributed by atoms with van der Waals surface area (Å²) >= 11 is 0. The maximum Gasteiger partial charge on any atom is 0.0195 e. The molecule has 0 aromatic rings. The van der Waals surface area contributed by atoms with Gasteiger partial charge in [0.25, 0.3) is 0 Å². The van der Waals surface area contributed by atoms with E-state index in [9.17, 15) is 0 Å². The minimum atomic E-state index is 0.536. The first kappa shape index (κ1) is 11.4. The second-order valence-corrected chi connectivity index (χ2v) is 5.59. The van der Waals surface area contributed by atoms with Gasteiger partial charge in [0.1, 0.15) is 0 Å². The van der Waals surface area contributed by atoms with Crippen molar-refractivity contribution in [2.24, 2.45) is 0 Å². The highest BCUT2D eigenvalue weighted by atomic mass is 15.3. The summed E-state index contributed by atoms with van der Waals surface area (Å²) in [6.07, 6.45) is 8.38. The number of piperazine rings is 1. The van der Waals surface area contributed by atoms with E-state index in [4.69, 9.17) is 0 Å². The van der Waals surface area contributed by atoms with Crippen LogP contribution < -0.4 is 5.32 Å². The highest BCUT2D eigenvalue weighted by molar-refractivity contribution is 4.94. The average molecular weight is 210 g/mol. The summed E-state index contributed by atoms with van der Waals surface area (Å²) in [5, 5.41) is 3.65. The molecule has 0 aromatic heterocycles. The minimum absolute atomic E-state index is 0.536. The Labute approximate surface area is 94.4 Å². The molecule has 0 aromatic carbocycles. The Morgan fingerprint density at radius 2 is 2.07 bits per heavy atom. The van der Waals surface area contributed by atoms with Crippen molar-refractivity contribution < 1.29 is 0 Å². The van der Waals surface area contributed by atoms with Crippen molar-refractivity contribution in [3.05, 3.63) is 0 Å². The second kappa shape index (κ2) is 4.84. The topological polar surface area (TPSA) is 15.3 Å². The molecule has 1 atom stereocenters. The quantitative estimate of drug-likeness (QED) is 0.769. The van der Waals surface area contributed by atoms with Crippen LogP contribution in [0.15, 0.2) is 0 Å². The normalized spacial score (nSPS) is 32.0. The summed E-state index contributed by atoms with van der Waals surface area (Å²) in [7, 11) is 0. The predicted octanol–water partition coefficient (Wildman–Crippen LogP) is 2.39. The molecule has 15 heavy (non-hydrogen) atoms. The van der Waals surface area contributed by atoms with Gasteiger partial charge in [-0.1, -0.05) is 26.2 Å². The lowest BCUT2D eigenvalue weighted by atomic mass is 9.95. The smallest absolute Gasteiger partial charge is 0.0195 e. The maximum atomic E-state index is 3.65. The first-order chi connectivity index (χ1) is 7.24. The van der Waals surface area contributed by atoms with Crippen LogP contribution in [0.2, 0.25) is 0 Å². The van der Waals surface area contributed by atoms with Crippen molar-refractivity contribution in [3.63, 3.8) is 0 Å². The van der Waals surface area contributed by atoms with E-state index in [0.717, 1.165) is 6.04 Å². The average Bonchev–Trinajstić information content (AvgIpc) is 2.68. The molecule has 2 nitrogen and oxygen atoms in total. The van der Waals surface area contributed by atoms with E-state index in [1.54, 1.807) is 0 Å². The van der Waals surface area contributed by atoms with Gasteiger partial charge in [0.15, 0.2) is 0 Å². The molecule has 2 fully saturated rings. The van der Waals surface area contributed by atoms with Crippen molar-refractivity contribution in [2.45, 2.75) is 64.0 Å². The largest absolute Gasteiger partial charge is 0.311 e. The van der Waals surface area contributed by atoms with E-state index in [1.165, 1.54) is 58.2 Å². The molecule has 1 saturated heterocycles. The van der Waals surface area contributed by atoms with E-state index in [1.807, 2.05) is 0 Å². The van der Waals surface area contributed by atoms with Gasteiger partial charge >= 0.3 is 0 Å². The highest BCUT2D eigenvalue weighted by Gasteiger charge is 2.36. The van der Waals surface area contributed by atoms with Crippen molar-refractivity contribution in [3.8, 4) is 0 Å². The Morgan fingerprint density at radius 3 is 2.73 bits per heavy atom. The van der Waals surface area contributed by atoms with Crippen molar-refractivity contribution >= 4 is 0 Å². The minimum Gasteiger partial charge on any atom is -0.311 e. The number of hydrogen-bond donors (Lipinski definition) is 1. The van der Waals surface area contributed by atoms with Gasteiger partial charge in [0.2, 0.25) is 0 Å². The molecule has 1 aliphatic carbocycles. The Balaban J connectivity index is 1.91. The third kappa shape index (κ3) is 2.54. The Bertz CT molecular complexity index is 195. The second-order valence-electron chi connectivity index (χ2n) is 5.59. The maximum absolute atomic E-state index is 3.65. The van der Waals surface area contributed by atoms with Crippen molar-refractivity contribution in [1.82, 2.24) is 10.2 Å². The third-order valence-corrected chi connectivity index (χ3v) is 4.34. The summed E-state index contributed by atoms with van der Waals surface area (Å²) in [6.45, 7) is 8.51. The molecular formula is C13H26N2. The molecule has 1 aliphatic heterocycles. The van der Waals surface area contributed by atoms with E-state index in [-0.39, 0.29) is 0 Å². The van der Waals surface area contributed by atoms with Gasteiger partial charge in [-0.15, -0.1) is 0 Å². The van der Waals surface area contributed by atoms with Crippen molar-refractivity contribution in [2.75, 3.05) is 19.6 Å². The van der Waals surface area contributed by atoms with Crippen LogP contribution in [0.4, 0.5) is 0 Å². The third-order valence-electron chi connectivity index (χ3n) is 4.34. The Morgan fingerprint density at radius 1 is 1.33 bits per heavy atom. The van der Waals surface area contributed by atoms with Gasteiger partial charge in [0.05, 0.1) is 0 Å². The van der Waals surface area contributed by atoms with E-state index in [0.29, 0.717) is 5.54 Å². The Hall–Kier alpha value is -0.0800. The lowest BCUT2D eigenvalue weighted by Gasteiger charge is -2.44. The van der Waals surface area contributed by atoms with Gasteiger partial charge in [-0.3, -0.25) is 4.90 Å². The van der Waals surface area contributed by atoms with E-state index >= 15 is 0 Å². The van der Waals surface area contributed by atoms with Crippen LogP contribution >= 0.6 is 0 Å². The molecular weight excluding hydrogens is 184 g/mol. The zero-order valence-corrected chi connectivity index (χ0v) is 10.4. The number of nitrogens with one attached hydrogen (secondary N) is 1. The lowest BCUT2D eigenvalue weighted by molar-refractivity contribution is 0.0715. The predicted molar refractivity (Wildman–Crippen MR) is 65.1 cm³/mol. The van der Waals surface area contributed by atoms with Crippen LogP contribution in [0, 0.1) is 0 Å². The summed E-state index contributed by atoms with van der Waals surface area (Å²) in [6, 6.07) is 0.751. The fraction of sp³-hybridized carbons (Fsp3) is 1.00. The van der Waals surface area contributed by atoms with Gasteiger partial charge in [-0.2, -0.15) is 0 Å². The molecule has 88 valence electrons. The highest BCUT2D eigenvalue weighted by Crippen LogP contribution is 2.35. The van der Waals surface area contributed by atoms with Gasteiger partial charge in [-0.05, 0) is 26.2 Å². The zero-order chi connectivity index (χ0) is 10.7. The first-order valence-electron chi connectivity index (χ1n) is 6.73. The van der Waals surface area contributed by atoms with Crippen LogP contribution in [0.1, 0.15) is 52.4 Å². The SMILES string of the molecule is CCCC1CN(C2(C)CCCC2)CCN1. The molecule has 1 N–H and O–H groups in total. The monoisotopic (exact) mass is 210 g/mol. The summed E-state index contributed by atoms with van der Waals surface area (Å²) in [4.78, 5) is 2.76. The molecule has 0 spiro atoms. The molecule has 0 bridgehead atoms. The molecule has 1 heterocycles. The lowest BCUT2D eigenvalue weighted by Crippen LogP contribution is -2.57. The van der Waals surface area contributed by atoms with Gasteiger partial charge in [-0.25, -0.2) is 0 Å². The first-order valence-corrected chi connectivity index (χ1v) is 6.73. The molecule has 1 saturated carbocycles. The van der Waals surface area contributed by atoms with Crippen LogP contribution in [0.5, 0.6) is 0 Å². The van der Waals surface area contributed by atoms with Gasteiger partial charge < -0.3 is 5.32 Å². The fourth-order valence-corrected chi connectivity index (χ4v) is 3.31. The van der Waals surface area contributed by atoms with Crippen LogP contribution in [-0.4, -0.2) is 36.1 Å². The molecule has 1 unspecified atom stereocenters. The van der Waals surface area contributed by atoms with Crippen molar-refractivity contribution in [1.29, 1.82) is 0 Å². The summed E-state index contributed by atoms with van der Waals surface area (Å²) < 4.78 is 0. The molecule has 2 heteroatoms. The number of hydrogen-bond acceptors (Lipinski definition) is 2.